The van der Waals surface area contributed by atoms with Crippen molar-refractivity contribution in [2.24, 2.45) is 11.8 Å². The van der Waals surface area contributed by atoms with E-state index in [1.54, 1.807) is 6.92 Å². The number of methoxy groups -OCH3 is 2. The lowest BCUT2D eigenvalue weighted by Gasteiger charge is -2.35. The van der Waals surface area contributed by atoms with Crippen molar-refractivity contribution in [3.8, 4) is 11.5 Å². The molecule has 0 heterocycles. The number of ether oxygens (including phenoxy) is 3. The second-order valence-electron chi connectivity index (χ2n) is 7.12. The largest absolute Gasteiger partial charge is 0.493 e. The van der Waals surface area contributed by atoms with Crippen molar-refractivity contribution >= 4 is 23.5 Å². The van der Waals surface area contributed by atoms with Crippen molar-refractivity contribution in [1.82, 2.24) is 5.32 Å². The molecule has 1 amide bonds. The summed E-state index contributed by atoms with van der Waals surface area (Å²) in [6.45, 7) is 5.91. The monoisotopic (exact) mass is 397 g/mol. The summed E-state index contributed by atoms with van der Waals surface area (Å²) in [5.74, 6) is 0.679. The highest BCUT2D eigenvalue weighted by molar-refractivity contribution is 6.32. The minimum absolute atomic E-state index is 0.109. The Labute approximate surface area is 165 Å². The maximum Gasteiger partial charge on any atom is 0.339 e. The van der Waals surface area contributed by atoms with Crippen LogP contribution in [-0.4, -0.2) is 38.2 Å². The Balaban J connectivity index is 2.02. The molecule has 27 heavy (non-hydrogen) atoms. The normalized spacial score (nSPS) is 23.3. The Bertz CT molecular complexity index is 693. The third kappa shape index (κ3) is 5.06. The zero-order chi connectivity index (χ0) is 20.1. The van der Waals surface area contributed by atoms with Crippen molar-refractivity contribution in [3.05, 3.63) is 22.7 Å². The molecular weight excluding hydrogens is 370 g/mol. The molecule has 1 aromatic carbocycles. The van der Waals surface area contributed by atoms with Crippen LogP contribution in [0.15, 0.2) is 12.1 Å². The first-order valence-electron chi connectivity index (χ1n) is 9.21. The molecule has 0 saturated heterocycles. The van der Waals surface area contributed by atoms with Gasteiger partial charge >= 0.3 is 5.97 Å². The molecule has 7 heteroatoms. The van der Waals surface area contributed by atoms with Crippen LogP contribution in [0.25, 0.3) is 0 Å². The molecule has 0 radical (unpaired) electrons. The van der Waals surface area contributed by atoms with E-state index in [4.69, 9.17) is 25.8 Å². The first kappa shape index (κ1) is 21.4. The summed E-state index contributed by atoms with van der Waals surface area (Å²) >= 11 is 6.12. The highest BCUT2D eigenvalue weighted by Crippen LogP contribution is 2.36. The van der Waals surface area contributed by atoms with E-state index in [2.05, 4.69) is 19.2 Å². The number of amides is 1. The molecule has 6 nitrogen and oxygen atoms in total. The number of carbonyl (C=O) groups is 2. The van der Waals surface area contributed by atoms with Gasteiger partial charge in [-0.15, -0.1) is 0 Å². The maximum atomic E-state index is 12.5. The van der Waals surface area contributed by atoms with Crippen molar-refractivity contribution in [2.75, 3.05) is 14.2 Å². The van der Waals surface area contributed by atoms with E-state index in [0.717, 1.165) is 12.8 Å². The van der Waals surface area contributed by atoms with E-state index in [1.165, 1.54) is 32.8 Å². The molecule has 0 aromatic heterocycles. The van der Waals surface area contributed by atoms with Crippen molar-refractivity contribution in [3.63, 3.8) is 0 Å². The fourth-order valence-corrected chi connectivity index (χ4v) is 3.69. The zero-order valence-corrected chi connectivity index (χ0v) is 17.3. The molecule has 1 N–H and O–H groups in total. The van der Waals surface area contributed by atoms with Crippen LogP contribution >= 0.6 is 11.6 Å². The van der Waals surface area contributed by atoms with Crippen LogP contribution in [0.2, 0.25) is 5.02 Å². The highest BCUT2D eigenvalue weighted by Gasteiger charge is 2.30. The lowest BCUT2D eigenvalue weighted by Crippen LogP contribution is -2.47. The summed E-state index contributed by atoms with van der Waals surface area (Å²) in [6, 6.07) is 3.02. The van der Waals surface area contributed by atoms with Crippen LogP contribution in [0.3, 0.4) is 0 Å². The Morgan fingerprint density at radius 1 is 1.19 bits per heavy atom. The van der Waals surface area contributed by atoms with E-state index in [0.29, 0.717) is 23.3 Å². The number of hydrogen-bond acceptors (Lipinski definition) is 5. The second kappa shape index (κ2) is 9.31. The van der Waals surface area contributed by atoms with Crippen LogP contribution in [0, 0.1) is 11.8 Å². The van der Waals surface area contributed by atoms with Gasteiger partial charge in [0.2, 0.25) is 0 Å². The Morgan fingerprint density at radius 3 is 2.52 bits per heavy atom. The smallest absolute Gasteiger partial charge is 0.339 e. The highest BCUT2D eigenvalue weighted by atomic mass is 35.5. The van der Waals surface area contributed by atoms with E-state index >= 15 is 0 Å². The quantitative estimate of drug-likeness (QED) is 0.738. The van der Waals surface area contributed by atoms with Crippen molar-refractivity contribution in [1.29, 1.82) is 0 Å². The molecule has 1 saturated carbocycles. The van der Waals surface area contributed by atoms with E-state index in [9.17, 15) is 9.59 Å². The van der Waals surface area contributed by atoms with Crippen LogP contribution in [0.5, 0.6) is 11.5 Å². The molecule has 0 bridgehead atoms. The van der Waals surface area contributed by atoms with Gasteiger partial charge in [0.25, 0.3) is 5.91 Å². The van der Waals surface area contributed by atoms with E-state index in [-0.39, 0.29) is 22.5 Å². The first-order valence-corrected chi connectivity index (χ1v) is 9.59. The third-order valence-electron chi connectivity index (χ3n) is 5.36. The number of benzene rings is 1. The number of carbonyl (C=O) groups excluding carboxylic acids is 2. The predicted octanol–water partition coefficient (Wildman–Crippen LogP) is 3.84. The van der Waals surface area contributed by atoms with Gasteiger partial charge in [0, 0.05) is 6.04 Å². The van der Waals surface area contributed by atoms with Gasteiger partial charge < -0.3 is 19.5 Å². The summed E-state index contributed by atoms with van der Waals surface area (Å²) in [5, 5.41) is 3.25. The Morgan fingerprint density at radius 2 is 1.89 bits per heavy atom. The molecule has 2 rings (SSSR count). The van der Waals surface area contributed by atoms with Crippen molar-refractivity contribution < 1.29 is 23.8 Å². The fraction of sp³-hybridized carbons (Fsp3) is 0.600. The summed E-state index contributed by atoms with van der Waals surface area (Å²) in [5.41, 5.74) is 0.192. The van der Waals surface area contributed by atoms with Crippen molar-refractivity contribution in [2.45, 2.75) is 52.2 Å². The summed E-state index contributed by atoms with van der Waals surface area (Å²) in [7, 11) is 2.91. The molecule has 150 valence electrons. The molecular formula is C20H28ClNO5. The molecule has 0 aliphatic heterocycles. The topological polar surface area (TPSA) is 73.9 Å². The van der Waals surface area contributed by atoms with E-state index < -0.39 is 12.1 Å². The number of halogens is 1. The number of esters is 1. The van der Waals surface area contributed by atoms with Crippen LogP contribution in [0.4, 0.5) is 0 Å². The van der Waals surface area contributed by atoms with E-state index in [1.807, 2.05) is 0 Å². The Hall–Kier alpha value is -1.95. The second-order valence-corrected chi connectivity index (χ2v) is 7.53. The van der Waals surface area contributed by atoms with Crippen LogP contribution in [0.1, 0.15) is 50.4 Å². The van der Waals surface area contributed by atoms with Gasteiger partial charge in [-0.3, -0.25) is 4.79 Å². The molecule has 0 unspecified atom stereocenters. The number of rotatable bonds is 6. The molecule has 4 atom stereocenters. The predicted molar refractivity (Wildman–Crippen MR) is 104 cm³/mol. The Kier molecular flexibility index (Phi) is 7.36. The first-order chi connectivity index (χ1) is 12.8. The molecule has 1 aromatic rings. The average Bonchev–Trinajstić information content (AvgIpc) is 2.64. The lowest BCUT2D eigenvalue weighted by atomic mass is 9.78. The van der Waals surface area contributed by atoms with Gasteiger partial charge in [-0.2, -0.15) is 0 Å². The molecule has 0 spiro atoms. The minimum atomic E-state index is -0.909. The number of hydrogen-bond donors (Lipinski definition) is 1. The zero-order valence-electron chi connectivity index (χ0n) is 16.5. The standard InChI is InChI=1S/C20H28ClNO5/c1-11-7-6-8-16(12(11)2)22-19(23)13(3)27-20(24)14-9-15(21)18(26-5)17(10-14)25-4/h9-13,16H,6-8H2,1-5H3,(H,22,23)/t11-,12-,13-,16+/m1/s1. The lowest BCUT2D eigenvalue weighted by molar-refractivity contribution is -0.130. The van der Waals surface area contributed by atoms with Gasteiger partial charge in [0.15, 0.2) is 17.6 Å². The van der Waals surface area contributed by atoms with Crippen LogP contribution < -0.4 is 14.8 Å². The SMILES string of the molecule is COc1cc(C(=O)O[C@H](C)C(=O)N[C@H]2CCC[C@@H](C)[C@H]2C)cc(Cl)c1OC. The van der Waals surface area contributed by atoms with Gasteiger partial charge in [-0.25, -0.2) is 4.79 Å². The molecule has 1 fully saturated rings. The minimum Gasteiger partial charge on any atom is -0.493 e. The molecule has 1 aliphatic carbocycles. The third-order valence-corrected chi connectivity index (χ3v) is 5.64. The van der Waals surface area contributed by atoms with Gasteiger partial charge in [-0.05, 0) is 37.3 Å². The van der Waals surface area contributed by atoms with Gasteiger partial charge in [0.05, 0.1) is 24.8 Å². The van der Waals surface area contributed by atoms with Crippen LogP contribution in [-0.2, 0) is 9.53 Å². The summed E-state index contributed by atoms with van der Waals surface area (Å²) in [4.78, 5) is 24.9. The molecule has 1 aliphatic rings. The summed E-state index contributed by atoms with van der Waals surface area (Å²) < 4.78 is 15.7. The maximum absolute atomic E-state index is 12.5. The summed E-state index contributed by atoms with van der Waals surface area (Å²) in [6.07, 6.45) is 2.31. The van der Waals surface area contributed by atoms with Gasteiger partial charge in [0.1, 0.15) is 0 Å². The number of nitrogens with one attached hydrogen (secondary N) is 1. The van der Waals surface area contributed by atoms with Gasteiger partial charge in [-0.1, -0.05) is 38.3 Å². The fourth-order valence-electron chi connectivity index (χ4n) is 3.40. The average molecular weight is 398 g/mol.